The summed E-state index contributed by atoms with van der Waals surface area (Å²) in [6.07, 6.45) is 7.61. The average Bonchev–Trinajstić information content (AvgIpc) is 3.48. The maximum atomic E-state index is 13.0. The molecule has 2 fully saturated rings. The molecule has 2 amide bonds. The summed E-state index contributed by atoms with van der Waals surface area (Å²) in [4.78, 5) is 35.8. The maximum Gasteiger partial charge on any atom is 0.254 e. The van der Waals surface area contributed by atoms with Gasteiger partial charge in [0.05, 0.1) is 30.3 Å². The number of ether oxygens (including phenoxy) is 1. The van der Waals surface area contributed by atoms with Crippen LogP contribution in [-0.2, 0) is 4.79 Å². The minimum absolute atomic E-state index is 0.151. The van der Waals surface area contributed by atoms with Crippen LogP contribution in [0.1, 0.15) is 54.1 Å². The van der Waals surface area contributed by atoms with E-state index in [1.165, 1.54) is 0 Å². The van der Waals surface area contributed by atoms with Gasteiger partial charge in [0.1, 0.15) is 5.75 Å². The molecule has 0 atom stereocenters. The van der Waals surface area contributed by atoms with Crippen LogP contribution in [0.5, 0.6) is 5.75 Å². The monoisotopic (exact) mass is 460 g/mol. The lowest BCUT2D eigenvalue weighted by atomic mass is 10.1. The fourth-order valence-electron chi connectivity index (χ4n) is 4.41. The van der Waals surface area contributed by atoms with Crippen LogP contribution in [-0.4, -0.2) is 63.2 Å². The van der Waals surface area contributed by atoms with Gasteiger partial charge < -0.3 is 15.0 Å². The van der Waals surface area contributed by atoms with E-state index in [4.69, 9.17) is 9.72 Å². The summed E-state index contributed by atoms with van der Waals surface area (Å²) >= 11 is 0. The highest BCUT2D eigenvalue weighted by molar-refractivity contribution is 5.95. The second kappa shape index (κ2) is 9.62. The van der Waals surface area contributed by atoms with Crippen LogP contribution in [0.4, 0.5) is 0 Å². The van der Waals surface area contributed by atoms with Crippen molar-refractivity contribution in [1.29, 1.82) is 0 Å². The molecule has 0 bridgehead atoms. The zero-order valence-electron chi connectivity index (χ0n) is 19.2. The largest absolute Gasteiger partial charge is 0.496 e. The number of carbonyl (C=O) groups excluding carboxylic acids is 2. The first kappa shape index (κ1) is 22.1. The number of benzene rings is 1. The lowest BCUT2D eigenvalue weighted by Gasteiger charge is -2.15. The molecule has 0 spiro atoms. The van der Waals surface area contributed by atoms with E-state index in [0.29, 0.717) is 31.0 Å². The number of nitrogens with zero attached hydrogens (tertiary/aromatic N) is 5. The summed E-state index contributed by atoms with van der Waals surface area (Å²) in [6.45, 7) is 2.01. The van der Waals surface area contributed by atoms with Crippen LogP contribution in [0.3, 0.4) is 0 Å². The van der Waals surface area contributed by atoms with Gasteiger partial charge in [-0.3, -0.25) is 9.59 Å². The molecule has 2 aliphatic rings. The highest BCUT2D eigenvalue weighted by atomic mass is 16.5. The second-order valence-electron chi connectivity index (χ2n) is 8.67. The Balaban J connectivity index is 1.33. The molecular formula is C25H28N6O3. The Bertz CT molecular complexity index is 1200. The van der Waals surface area contributed by atoms with Crippen molar-refractivity contribution in [1.82, 2.24) is 30.0 Å². The molecule has 5 rings (SSSR count). The van der Waals surface area contributed by atoms with E-state index < -0.39 is 0 Å². The number of hydrogen-bond acceptors (Lipinski definition) is 6. The Hall–Kier alpha value is -3.75. The van der Waals surface area contributed by atoms with Gasteiger partial charge in [-0.2, -0.15) is 5.10 Å². The molecule has 176 valence electrons. The summed E-state index contributed by atoms with van der Waals surface area (Å²) in [7, 11) is 1.63. The standard InChI is InChI=1S/C25H28N6O3/c1-34-21-7-3-2-6-18(21)20-11-13-27-25(29-20)31-23(17-9-10-17)19(16-28-31)24(33)26-12-5-15-30-14-4-8-22(30)32/h2-3,6-7,11,13,16-17H,4-5,8-10,12,14-15H2,1H3,(H,26,33). The van der Waals surface area contributed by atoms with Crippen LogP contribution in [0.25, 0.3) is 17.2 Å². The zero-order chi connectivity index (χ0) is 23.5. The van der Waals surface area contributed by atoms with E-state index in [1.807, 2.05) is 35.2 Å². The van der Waals surface area contributed by atoms with Crippen LogP contribution in [0.15, 0.2) is 42.7 Å². The van der Waals surface area contributed by atoms with Crippen LogP contribution < -0.4 is 10.1 Å². The van der Waals surface area contributed by atoms with Gasteiger partial charge in [-0.15, -0.1) is 0 Å². The summed E-state index contributed by atoms with van der Waals surface area (Å²) < 4.78 is 7.17. The third-order valence-electron chi connectivity index (χ3n) is 6.29. The van der Waals surface area contributed by atoms with E-state index in [1.54, 1.807) is 24.2 Å². The van der Waals surface area contributed by atoms with Crippen molar-refractivity contribution in [3.8, 4) is 23.0 Å². The van der Waals surface area contributed by atoms with Gasteiger partial charge in [0.25, 0.3) is 11.9 Å². The molecule has 3 heterocycles. The van der Waals surface area contributed by atoms with Gasteiger partial charge in [-0.05, 0) is 43.9 Å². The molecule has 1 aliphatic carbocycles. The van der Waals surface area contributed by atoms with Gasteiger partial charge >= 0.3 is 0 Å². The molecule has 9 nitrogen and oxygen atoms in total. The van der Waals surface area contributed by atoms with Crippen molar-refractivity contribution in [2.24, 2.45) is 0 Å². The first-order valence-electron chi connectivity index (χ1n) is 11.8. The van der Waals surface area contributed by atoms with Crippen molar-refractivity contribution in [3.63, 3.8) is 0 Å². The van der Waals surface area contributed by atoms with Crippen molar-refractivity contribution in [2.45, 2.75) is 38.0 Å². The second-order valence-corrected chi connectivity index (χ2v) is 8.67. The Morgan fingerprint density at radius 3 is 2.85 bits per heavy atom. The van der Waals surface area contributed by atoms with Crippen molar-refractivity contribution in [3.05, 3.63) is 54.0 Å². The summed E-state index contributed by atoms with van der Waals surface area (Å²) in [5, 5.41) is 7.48. The predicted octanol–water partition coefficient (Wildman–Crippen LogP) is 2.96. The molecule has 1 aliphatic heterocycles. The SMILES string of the molecule is COc1ccccc1-c1ccnc(-n2ncc(C(=O)NCCCN3CCCC3=O)c2C2CC2)n1. The first-order chi connectivity index (χ1) is 16.7. The minimum atomic E-state index is -0.151. The average molecular weight is 461 g/mol. The minimum Gasteiger partial charge on any atom is -0.496 e. The Kier molecular flexibility index (Phi) is 6.24. The summed E-state index contributed by atoms with van der Waals surface area (Å²) in [5.74, 6) is 1.48. The molecule has 0 radical (unpaired) electrons. The van der Waals surface area contributed by atoms with Crippen molar-refractivity contribution < 1.29 is 14.3 Å². The number of para-hydroxylation sites is 1. The van der Waals surface area contributed by atoms with Gasteiger partial charge in [-0.1, -0.05) is 12.1 Å². The molecule has 9 heteroatoms. The number of likely N-dealkylation sites (tertiary alicyclic amines) is 1. The molecule has 1 N–H and O–H groups in total. The van der Waals surface area contributed by atoms with Crippen molar-refractivity contribution in [2.75, 3.05) is 26.7 Å². The maximum absolute atomic E-state index is 13.0. The predicted molar refractivity (Wildman–Crippen MR) is 126 cm³/mol. The molecule has 34 heavy (non-hydrogen) atoms. The Labute approximate surface area is 198 Å². The molecule has 1 aromatic carbocycles. The fraction of sp³-hybridized carbons (Fsp3) is 0.400. The lowest BCUT2D eigenvalue weighted by molar-refractivity contribution is -0.127. The van der Waals surface area contributed by atoms with E-state index >= 15 is 0 Å². The molecule has 3 aromatic rings. The summed E-state index contributed by atoms with van der Waals surface area (Å²) in [6, 6.07) is 9.52. The molecule has 1 saturated heterocycles. The van der Waals surface area contributed by atoms with E-state index in [9.17, 15) is 9.59 Å². The van der Waals surface area contributed by atoms with Gasteiger partial charge in [0.2, 0.25) is 5.91 Å². The highest BCUT2D eigenvalue weighted by Gasteiger charge is 2.33. The zero-order valence-corrected chi connectivity index (χ0v) is 19.2. The quantitative estimate of drug-likeness (QED) is 0.493. The molecule has 2 aromatic heterocycles. The molecular weight excluding hydrogens is 432 g/mol. The fourth-order valence-corrected chi connectivity index (χ4v) is 4.41. The Morgan fingerprint density at radius 1 is 1.24 bits per heavy atom. The van der Waals surface area contributed by atoms with E-state index in [0.717, 1.165) is 54.9 Å². The number of hydrogen-bond donors (Lipinski definition) is 1. The molecule has 0 unspecified atom stereocenters. The van der Waals surface area contributed by atoms with Gasteiger partial charge in [-0.25, -0.2) is 14.6 Å². The van der Waals surface area contributed by atoms with Crippen molar-refractivity contribution >= 4 is 11.8 Å². The number of rotatable bonds is 9. The number of aromatic nitrogens is 4. The molecule has 1 saturated carbocycles. The first-order valence-corrected chi connectivity index (χ1v) is 11.8. The smallest absolute Gasteiger partial charge is 0.254 e. The normalized spacial score (nSPS) is 15.6. The van der Waals surface area contributed by atoms with E-state index in [2.05, 4.69) is 15.4 Å². The Morgan fingerprint density at radius 2 is 2.09 bits per heavy atom. The topological polar surface area (TPSA) is 102 Å². The lowest BCUT2D eigenvalue weighted by Crippen LogP contribution is -2.31. The highest BCUT2D eigenvalue weighted by Crippen LogP contribution is 2.42. The van der Waals surface area contributed by atoms with Crippen LogP contribution >= 0.6 is 0 Å². The number of nitrogens with one attached hydrogen (secondary N) is 1. The number of amides is 2. The number of carbonyl (C=O) groups is 2. The third-order valence-corrected chi connectivity index (χ3v) is 6.29. The van der Waals surface area contributed by atoms with Crippen LogP contribution in [0, 0.1) is 0 Å². The van der Waals surface area contributed by atoms with Gasteiger partial charge in [0.15, 0.2) is 0 Å². The number of methoxy groups -OCH3 is 1. The summed E-state index contributed by atoms with van der Waals surface area (Å²) in [5.41, 5.74) is 3.00. The van der Waals surface area contributed by atoms with Crippen LogP contribution in [0.2, 0.25) is 0 Å². The van der Waals surface area contributed by atoms with Gasteiger partial charge in [0, 0.05) is 43.7 Å². The van der Waals surface area contributed by atoms with E-state index in [-0.39, 0.29) is 17.7 Å². The third kappa shape index (κ3) is 4.50.